The van der Waals surface area contributed by atoms with E-state index in [1.165, 1.54) is 25.5 Å². The van der Waals surface area contributed by atoms with Gasteiger partial charge in [0.15, 0.2) is 5.75 Å². The molecule has 10 heteroatoms. The van der Waals surface area contributed by atoms with Gasteiger partial charge in [0.05, 0.1) is 24.9 Å². The van der Waals surface area contributed by atoms with Crippen molar-refractivity contribution in [2.75, 3.05) is 19.0 Å². The molecule has 9 nitrogen and oxygen atoms in total. The van der Waals surface area contributed by atoms with Crippen molar-refractivity contribution in [2.45, 2.75) is 19.8 Å². The first kappa shape index (κ1) is 22.0. The molecule has 154 valence electrons. The number of rotatable bonds is 9. The molecule has 0 aliphatic rings. The van der Waals surface area contributed by atoms with Gasteiger partial charge in [-0.2, -0.15) is 5.10 Å². The van der Waals surface area contributed by atoms with Crippen molar-refractivity contribution < 1.29 is 19.2 Å². The van der Waals surface area contributed by atoms with Crippen LogP contribution in [0.25, 0.3) is 0 Å². The summed E-state index contributed by atoms with van der Waals surface area (Å²) < 4.78 is 10.8. The first-order valence-electron chi connectivity index (χ1n) is 8.79. The first-order chi connectivity index (χ1) is 13.9. The second-order valence-corrected chi connectivity index (χ2v) is 6.30. The maximum atomic E-state index is 11.9. The summed E-state index contributed by atoms with van der Waals surface area (Å²) in [5.41, 5.74) is 2.89. The largest absolute Gasteiger partial charge is 0.493 e. The fourth-order valence-electron chi connectivity index (χ4n) is 2.32. The zero-order valence-electron chi connectivity index (χ0n) is 16.0. The number of ether oxygens (including phenoxy) is 2. The van der Waals surface area contributed by atoms with Gasteiger partial charge in [-0.05, 0) is 30.7 Å². The molecule has 0 saturated carbocycles. The van der Waals surface area contributed by atoms with E-state index in [0.29, 0.717) is 22.9 Å². The van der Waals surface area contributed by atoms with Gasteiger partial charge in [0.1, 0.15) is 0 Å². The first-order valence-corrected chi connectivity index (χ1v) is 9.17. The Balaban J connectivity index is 2.11. The Kier molecular flexibility index (Phi) is 8.23. The number of benzene rings is 2. The molecule has 29 heavy (non-hydrogen) atoms. The number of nitrogens with zero attached hydrogens (tertiary/aromatic N) is 2. The number of anilines is 1. The highest BCUT2D eigenvalue weighted by atomic mass is 35.5. The molecule has 0 aromatic heterocycles. The van der Waals surface area contributed by atoms with Crippen LogP contribution < -0.4 is 20.2 Å². The van der Waals surface area contributed by atoms with E-state index in [1.807, 2.05) is 6.92 Å². The number of amides is 2. The van der Waals surface area contributed by atoms with Crippen molar-refractivity contribution in [1.82, 2.24) is 5.43 Å². The Hall–Kier alpha value is -3.33. The van der Waals surface area contributed by atoms with Gasteiger partial charge in [-0.3, -0.25) is 10.1 Å². The number of hydrogen-bond acceptors (Lipinski definition) is 6. The van der Waals surface area contributed by atoms with Crippen molar-refractivity contribution in [1.29, 1.82) is 0 Å². The Morgan fingerprint density at radius 1 is 1.34 bits per heavy atom. The zero-order valence-corrected chi connectivity index (χ0v) is 16.7. The maximum absolute atomic E-state index is 11.9. The SMILES string of the molecule is CCCCOc1c(OC)cc(/C=N\NC(=O)Nc2cccc(Cl)c2)cc1[N+](=O)[O-]. The van der Waals surface area contributed by atoms with E-state index >= 15 is 0 Å². The molecule has 0 atom stereocenters. The molecule has 0 aliphatic heterocycles. The second-order valence-electron chi connectivity index (χ2n) is 5.87. The molecule has 0 bridgehead atoms. The minimum absolute atomic E-state index is 0.0646. The van der Waals surface area contributed by atoms with Gasteiger partial charge in [0, 0.05) is 22.3 Å². The Bertz CT molecular complexity index is 904. The lowest BCUT2D eigenvalue weighted by molar-refractivity contribution is -0.386. The van der Waals surface area contributed by atoms with E-state index in [-0.39, 0.29) is 17.2 Å². The number of carbonyl (C=O) groups is 1. The molecule has 2 aromatic carbocycles. The summed E-state index contributed by atoms with van der Waals surface area (Å²) in [5.74, 6) is 0.273. The van der Waals surface area contributed by atoms with Gasteiger partial charge in [0.2, 0.25) is 5.75 Å². The Labute approximate surface area is 172 Å². The molecule has 2 aromatic rings. The van der Waals surface area contributed by atoms with Gasteiger partial charge in [-0.25, -0.2) is 10.2 Å². The van der Waals surface area contributed by atoms with Gasteiger partial charge < -0.3 is 14.8 Å². The van der Waals surface area contributed by atoms with Gasteiger partial charge in [0.25, 0.3) is 0 Å². The van der Waals surface area contributed by atoms with Crippen molar-refractivity contribution in [3.8, 4) is 11.5 Å². The summed E-state index contributed by atoms with van der Waals surface area (Å²) in [6, 6.07) is 8.86. The molecule has 0 aliphatic carbocycles. The molecule has 0 radical (unpaired) electrons. The van der Waals surface area contributed by atoms with Gasteiger partial charge in [-0.1, -0.05) is 31.0 Å². The highest BCUT2D eigenvalue weighted by Crippen LogP contribution is 2.38. The summed E-state index contributed by atoms with van der Waals surface area (Å²) in [5, 5.41) is 18.3. The minimum atomic E-state index is -0.593. The van der Waals surface area contributed by atoms with E-state index < -0.39 is 11.0 Å². The van der Waals surface area contributed by atoms with E-state index in [4.69, 9.17) is 21.1 Å². The van der Waals surface area contributed by atoms with Crippen LogP contribution in [0.4, 0.5) is 16.2 Å². The van der Waals surface area contributed by atoms with Gasteiger partial charge >= 0.3 is 11.7 Å². The number of nitro benzene ring substituents is 1. The van der Waals surface area contributed by atoms with Crippen LogP contribution in [0.15, 0.2) is 41.5 Å². The third kappa shape index (κ3) is 6.65. The lowest BCUT2D eigenvalue weighted by Gasteiger charge is -2.11. The summed E-state index contributed by atoms with van der Waals surface area (Å²) >= 11 is 5.86. The van der Waals surface area contributed by atoms with Crippen molar-refractivity contribution >= 4 is 35.2 Å². The third-order valence-electron chi connectivity index (χ3n) is 3.68. The summed E-state index contributed by atoms with van der Waals surface area (Å²) in [6.07, 6.45) is 2.92. The highest BCUT2D eigenvalue weighted by Gasteiger charge is 2.22. The minimum Gasteiger partial charge on any atom is -0.493 e. The smallest absolute Gasteiger partial charge is 0.339 e. The molecular formula is C19H21ClN4O5. The predicted molar refractivity (Wildman–Crippen MR) is 111 cm³/mol. The number of hydrogen-bond donors (Lipinski definition) is 2. The average molecular weight is 421 g/mol. The average Bonchev–Trinajstić information content (AvgIpc) is 2.68. The molecule has 2 N–H and O–H groups in total. The van der Waals surface area contributed by atoms with Crippen LogP contribution in [0, 0.1) is 10.1 Å². The van der Waals surface area contributed by atoms with E-state index in [1.54, 1.807) is 24.3 Å². The predicted octanol–water partition coefficient (Wildman–Crippen LogP) is 4.59. The van der Waals surface area contributed by atoms with Crippen molar-refractivity contribution in [2.24, 2.45) is 5.10 Å². The molecule has 0 spiro atoms. The van der Waals surface area contributed by atoms with Crippen LogP contribution in [0.2, 0.25) is 5.02 Å². The van der Waals surface area contributed by atoms with Crippen LogP contribution >= 0.6 is 11.6 Å². The van der Waals surface area contributed by atoms with Crippen LogP contribution in [-0.4, -0.2) is 30.9 Å². The summed E-state index contributed by atoms with van der Waals surface area (Å²) in [4.78, 5) is 22.7. The number of methoxy groups -OCH3 is 1. The van der Waals surface area contributed by atoms with E-state index in [2.05, 4.69) is 15.8 Å². The summed E-state index contributed by atoms with van der Waals surface area (Å²) in [6.45, 7) is 2.33. The number of unbranched alkanes of at least 4 members (excludes halogenated alkanes) is 1. The molecule has 2 rings (SSSR count). The normalized spacial score (nSPS) is 10.6. The number of urea groups is 1. The Morgan fingerprint density at radius 3 is 2.79 bits per heavy atom. The van der Waals surface area contributed by atoms with Gasteiger partial charge in [-0.15, -0.1) is 0 Å². The monoisotopic (exact) mass is 420 g/mol. The molecule has 2 amide bonds. The lowest BCUT2D eigenvalue weighted by Crippen LogP contribution is -2.24. The second kappa shape index (κ2) is 10.9. The fourth-order valence-corrected chi connectivity index (χ4v) is 2.51. The lowest BCUT2D eigenvalue weighted by atomic mass is 10.2. The molecular weight excluding hydrogens is 400 g/mol. The molecule has 0 unspecified atom stereocenters. The van der Waals surface area contributed by atoms with Crippen molar-refractivity contribution in [3.05, 3.63) is 57.1 Å². The topological polar surface area (TPSA) is 115 Å². The number of carbonyl (C=O) groups excluding carboxylic acids is 1. The van der Waals surface area contributed by atoms with Crippen LogP contribution in [0.5, 0.6) is 11.5 Å². The van der Waals surface area contributed by atoms with Crippen LogP contribution in [-0.2, 0) is 0 Å². The zero-order chi connectivity index (χ0) is 21.2. The van der Waals surface area contributed by atoms with Crippen LogP contribution in [0.3, 0.4) is 0 Å². The standard InChI is InChI=1S/C19H21ClN4O5/c1-3-4-8-29-18-16(24(26)27)9-13(10-17(18)28-2)12-21-23-19(25)22-15-7-5-6-14(20)11-15/h5-7,9-12H,3-4,8H2,1-2H3,(H2,22,23,25)/b21-12-. The van der Waals surface area contributed by atoms with E-state index in [0.717, 1.165) is 12.8 Å². The molecule has 0 fully saturated rings. The third-order valence-corrected chi connectivity index (χ3v) is 3.92. The maximum Gasteiger partial charge on any atom is 0.339 e. The number of nitrogens with one attached hydrogen (secondary N) is 2. The Morgan fingerprint density at radius 2 is 2.14 bits per heavy atom. The highest BCUT2D eigenvalue weighted by molar-refractivity contribution is 6.30. The molecule has 0 heterocycles. The van der Waals surface area contributed by atoms with E-state index in [9.17, 15) is 14.9 Å². The number of halogens is 1. The number of hydrazone groups is 1. The summed E-state index contributed by atoms with van der Waals surface area (Å²) in [7, 11) is 1.39. The number of nitro groups is 1. The van der Waals surface area contributed by atoms with Crippen LogP contribution in [0.1, 0.15) is 25.3 Å². The fraction of sp³-hybridized carbons (Fsp3) is 0.263. The molecule has 0 saturated heterocycles. The van der Waals surface area contributed by atoms with Crippen molar-refractivity contribution in [3.63, 3.8) is 0 Å². The quantitative estimate of drug-likeness (QED) is 0.266.